The van der Waals surface area contributed by atoms with Gasteiger partial charge in [0.05, 0.1) is 33.0 Å². The van der Waals surface area contributed by atoms with Gasteiger partial charge in [-0.25, -0.2) is 4.79 Å². The molecule has 3 unspecified atom stereocenters. The van der Waals surface area contributed by atoms with Gasteiger partial charge < -0.3 is 45.3 Å². The Labute approximate surface area is 483 Å². The number of ketones is 4. The summed E-state index contributed by atoms with van der Waals surface area (Å²) in [5.74, 6) is -1.04. The van der Waals surface area contributed by atoms with E-state index in [4.69, 9.17) is 18.9 Å². The number of amides is 4. The molecule has 0 aromatic rings. The lowest BCUT2D eigenvalue weighted by Crippen LogP contribution is -2.41. The second-order valence-corrected chi connectivity index (χ2v) is 21.4. The number of hydrogen-bond acceptors (Lipinski definition) is 13. The molecule has 0 aliphatic rings. The van der Waals surface area contributed by atoms with Crippen molar-refractivity contribution in [3.63, 3.8) is 0 Å². The standard InChI is InChI=1S/C45H83N3O11.C17H31NO3/c1-4-6-7-8-9-10-11-12-13-14-15-16-17-18-19-25-42(51)48-41(45(54)55)27-26-40(50)24-22-30-56-32-34-58-37-44(53)47-29-31-57-33-35-59-36-43(52)46-28-21-20-23-39(5-2)38(3)49;1-5-15(13(3)19)9-7-8-12-18-17(21)11-10-16(6-2)14(4)20/h39,41H,4-37H2,1-3H3,(H,46,52)(H,47,53)(H,48,51)(H,54,55);15-16H,5-12H2,1-4H3,(H,18,21)/t;15?,16-/m.0/s1. The van der Waals surface area contributed by atoms with E-state index < -0.39 is 12.0 Å². The van der Waals surface area contributed by atoms with Gasteiger partial charge in [0, 0.05) is 69.7 Å². The van der Waals surface area contributed by atoms with E-state index >= 15 is 0 Å². The van der Waals surface area contributed by atoms with Gasteiger partial charge in [-0.05, 0) is 91.4 Å². The van der Waals surface area contributed by atoms with Crippen molar-refractivity contribution in [2.45, 2.75) is 254 Å². The molecule has 18 heteroatoms. The quantitative estimate of drug-likeness (QED) is 0.0355. The number of hydrogen-bond donors (Lipinski definition) is 5. The lowest BCUT2D eigenvalue weighted by molar-refractivity contribution is -0.142. The molecule has 5 N–H and O–H groups in total. The number of nitrogens with one attached hydrogen (secondary N) is 4. The van der Waals surface area contributed by atoms with Crippen LogP contribution in [0, 0.1) is 17.8 Å². The van der Waals surface area contributed by atoms with Gasteiger partial charge in [0.15, 0.2) is 0 Å². The largest absolute Gasteiger partial charge is 0.480 e. The van der Waals surface area contributed by atoms with E-state index in [9.17, 15) is 48.3 Å². The molecule has 0 bridgehead atoms. The molecule has 4 atom stereocenters. The molecule has 0 aromatic carbocycles. The van der Waals surface area contributed by atoms with Crippen LogP contribution in [0.1, 0.15) is 248 Å². The minimum absolute atomic E-state index is 0.0108. The summed E-state index contributed by atoms with van der Waals surface area (Å²) in [4.78, 5) is 106. The molecule has 4 amide bonds. The van der Waals surface area contributed by atoms with E-state index in [1.165, 1.54) is 77.0 Å². The molecule has 0 radical (unpaired) electrons. The Morgan fingerprint density at radius 1 is 0.362 bits per heavy atom. The van der Waals surface area contributed by atoms with Crippen LogP contribution >= 0.6 is 0 Å². The molecule has 18 nitrogen and oxygen atoms in total. The molecule has 466 valence electrons. The second kappa shape index (κ2) is 56.7. The third-order valence-electron chi connectivity index (χ3n) is 14.4. The molecule has 0 aliphatic carbocycles. The zero-order valence-corrected chi connectivity index (χ0v) is 51.3. The van der Waals surface area contributed by atoms with E-state index in [0.717, 1.165) is 77.0 Å². The van der Waals surface area contributed by atoms with Gasteiger partial charge in [-0.3, -0.25) is 38.4 Å². The van der Waals surface area contributed by atoms with Gasteiger partial charge in [0.25, 0.3) is 0 Å². The Balaban J connectivity index is 0. The van der Waals surface area contributed by atoms with Crippen LogP contribution < -0.4 is 21.3 Å². The number of ether oxygens (including phenoxy) is 4. The summed E-state index contributed by atoms with van der Waals surface area (Å²) < 4.78 is 21.5. The van der Waals surface area contributed by atoms with E-state index in [1.54, 1.807) is 20.8 Å². The number of Topliss-reactive ketones (excluding diaryl/α,β-unsaturated/α-hetero) is 4. The molecule has 0 heterocycles. The average molecular weight is 1140 g/mol. The highest BCUT2D eigenvalue weighted by molar-refractivity contribution is 5.85. The van der Waals surface area contributed by atoms with Crippen LogP contribution in [0.25, 0.3) is 0 Å². The predicted octanol–water partition coefficient (Wildman–Crippen LogP) is 10.3. The number of carbonyl (C=O) groups is 9. The summed E-state index contributed by atoms with van der Waals surface area (Å²) in [6.07, 6.45) is 28.7. The summed E-state index contributed by atoms with van der Waals surface area (Å²) >= 11 is 0. The van der Waals surface area contributed by atoms with Gasteiger partial charge in [0.2, 0.25) is 23.6 Å². The highest BCUT2D eigenvalue weighted by atomic mass is 16.5. The lowest BCUT2D eigenvalue weighted by atomic mass is 9.95. The maximum Gasteiger partial charge on any atom is 0.326 e. The molecular weight excluding hydrogens is 1020 g/mol. The molecular formula is C62H114N4O14. The summed E-state index contributed by atoms with van der Waals surface area (Å²) in [6, 6.07) is -1.08. The van der Waals surface area contributed by atoms with Crippen molar-refractivity contribution in [1.82, 2.24) is 21.3 Å². The van der Waals surface area contributed by atoms with Gasteiger partial charge in [-0.2, -0.15) is 0 Å². The summed E-state index contributed by atoms with van der Waals surface area (Å²) in [5, 5.41) is 20.5. The Bertz CT molecular complexity index is 1630. The van der Waals surface area contributed by atoms with Crippen LogP contribution in [-0.4, -0.2) is 136 Å². The number of rotatable bonds is 57. The summed E-state index contributed by atoms with van der Waals surface area (Å²) in [5.41, 5.74) is 0. The van der Waals surface area contributed by atoms with Crippen LogP contribution in [0.2, 0.25) is 0 Å². The Morgan fingerprint density at radius 2 is 0.775 bits per heavy atom. The molecule has 80 heavy (non-hydrogen) atoms. The normalized spacial score (nSPS) is 12.5. The zero-order chi connectivity index (χ0) is 59.9. The van der Waals surface area contributed by atoms with Crippen LogP contribution in [0.15, 0.2) is 0 Å². The zero-order valence-electron chi connectivity index (χ0n) is 51.3. The number of unbranched alkanes of at least 4 members (excludes halogenated alkanes) is 16. The van der Waals surface area contributed by atoms with Crippen molar-refractivity contribution in [2.75, 3.05) is 72.5 Å². The first-order chi connectivity index (χ1) is 38.5. The molecule has 0 aromatic heterocycles. The fourth-order valence-electron chi connectivity index (χ4n) is 9.08. The van der Waals surface area contributed by atoms with Crippen molar-refractivity contribution < 1.29 is 67.2 Å². The SMILES string of the molecule is CCC(CCCCNC(=O)CC[C@H](CC)C(C)=O)C(C)=O.CCCCCCCCCCCCCCCCCC(=O)NC(CCC(=O)CCCOCCOCC(=O)NCCOCCOCC(=O)NCCCCC(CC)C(C)=O)C(=O)O. The third kappa shape index (κ3) is 52.0. The van der Waals surface area contributed by atoms with Crippen molar-refractivity contribution in [3.05, 3.63) is 0 Å². The molecule has 0 saturated carbocycles. The van der Waals surface area contributed by atoms with Crippen LogP contribution in [0.5, 0.6) is 0 Å². The van der Waals surface area contributed by atoms with Crippen LogP contribution in [0.3, 0.4) is 0 Å². The number of carboxylic acid groups (broad SMARTS) is 1. The van der Waals surface area contributed by atoms with E-state index in [2.05, 4.69) is 28.2 Å². The maximum atomic E-state index is 12.3. The van der Waals surface area contributed by atoms with Crippen LogP contribution in [-0.2, 0) is 62.1 Å². The number of aliphatic carboxylic acids is 1. The first-order valence-corrected chi connectivity index (χ1v) is 31.2. The number of carboxylic acids is 1. The third-order valence-corrected chi connectivity index (χ3v) is 14.4. The predicted molar refractivity (Wildman–Crippen MR) is 315 cm³/mol. The Kier molecular flexibility index (Phi) is 55.3. The first-order valence-electron chi connectivity index (χ1n) is 31.2. The monoisotopic (exact) mass is 1140 g/mol. The van der Waals surface area contributed by atoms with E-state index in [-0.39, 0.29) is 130 Å². The highest BCUT2D eigenvalue weighted by Gasteiger charge is 2.21. The van der Waals surface area contributed by atoms with E-state index in [1.807, 2.05) is 20.8 Å². The van der Waals surface area contributed by atoms with Gasteiger partial charge >= 0.3 is 5.97 Å². The van der Waals surface area contributed by atoms with Gasteiger partial charge in [0.1, 0.15) is 42.4 Å². The Morgan fingerprint density at radius 3 is 1.23 bits per heavy atom. The molecule has 0 aliphatic heterocycles. The first kappa shape index (κ1) is 77.9. The van der Waals surface area contributed by atoms with Crippen molar-refractivity contribution in [1.29, 1.82) is 0 Å². The summed E-state index contributed by atoms with van der Waals surface area (Å²) in [7, 11) is 0. The van der Waals surface area contributed by atoms with E-state index in [0.29, 0.717) is 51.9 Å². The molecule has 0 rings (SSSR count). The number of carbonyl (C=O) groups excluding carboxylic acids is 8. The van der Waals surface area contributed by atoms with Crippen molar-refractivity contribution in [2.24, 2.45) is 17.8 Å². The fraction of sp³-hybridized carbons (Fsp3) is 0.855. The average Bonchev–Trinajstić information content (AvgIpc) is 3.42. The van der Waals surface area contributed by atoms with Gasteiger partial charge in [-0.1, -0.05) is 130 Å². The molecule has 0 saturated heterocycles. The minimum Gasteiger partial charge on any atom is -0.480 e. The van der Waals surface area contributed by atoms with Crippen LogP contribution in [0.4, 0.5) is 0 Å². The van der Waals surface area contributed by atoms with Crippen molar-refractivity contribution >= 4 is 52.7 Å². The lowest BCUT2D eigenvalue weighted by Gasteiger charge is -2.14. The smallest absolute Gasteiger partial charge is 0.326 e. The fourth-order valence-corrected chi connectivity index (χ4v) is 9.08. The highest BCUT2D eigenvalue weighted by Crippen LogP contribution is 2.17. The van der Waals surface area contributed by atoms with Gasteiger partial charge in [-0.15, -0.1) is 0 Å². The topological polar surface area (TPSA) is 259 Å². The second-order valence-electron chi connectivity index (χ2n) is 21.4. The Hall–Kier alpha value is -4.13. The van der Waals surface area contributed by atoms with Crippen molar-refractivity contribution in [3.8, 4) is 0 Å². The summed E-state index contributed by atoms with van der Waals surface area (Å²) in [6.45, 7) is 16.1. The maximum absolute atomic E-state index is 12.3. The molecule has 0 spiro atoms. The minimum atomic E-state index is -1.13. The molecule has 0 fully saturated rings.